The molecule has 0 atom stereocenters. The summed E-state index contributed by atoms with van der Waals surface area (Å²) in [6.45, 7) is 2.09. The van der Waals surface area contributed by atoms with Crippen LogP contribution < -0.4 is 5.73 Å². The number of benzene rings is 1. The number of hydrogen-bond donors (Lipinski definition) is 1. The average molecular weight is 189 g/mol. The Balaban J connectivity index is 2.53. The Morgan fingerprint density at radius 1 is 1.23 bits per heavy atom. The SMILES string of the molecule is Cc1cc(N)ccc1-c1ccsc1. The highest BCUT2D eigenvalue weighted by Gasteiger charge is 2.01. The topological polar surface area (TPSA) is 26.0 Å². The van der Waals surface area contributed by atoms with Gasteiger partial charge in [-0.05, 0) is 52.6 Å². The van der Waals surface area contributed by atoms with Gasteiger partial charge in [-0.2, -0.15) is 11.3 Å². The number of nitrogens with two attached hydrogens (primary N) is 1. The minimum absolute atomic E-state index is 0.830. The molecule has 0 saturated carbocycles. The fourth-order valence-corrected chi connectivity index (χ4v) is 2.08. The Labute approximate surface area is 81.8 Å². The average Bonchev–Trinajstić information content (AvgIpc) is 2.56. The van der Waals surface area contributed by atoms with Gasteiger partial charge in [0, 0.05) is 5.69 Å². The third-order valence-corrected chi connectivity index (χ3v) is 2.77. The van der Waals surface area contributed by atoms with Crippen LogP contribution in [0.3, 0.4) is 0 Å². The molecule has 0 aliphatic heterocycles. The molecule has 1 heterocycles. The standard InChI is InChI=1S/C11H11NS/c1-8-6-10(12)2-3-11(8)9-4-5-13-7-9/h2-7H,12H2,1H3. The summed E-state index contributed by atoms with van der Waals surface area (Å²) < 4.78 is 0. The minimum Gasteiger partial charge on any atom is -0.399 e. The summed E-state index contributed by atoms with van der Waals surface area (Å²) in [6.07, 6.45) is 0. The van der Waals surface area contributed by atoms with Gasteiger partial charge in [-0.3, -0.25) is 0 Å². The van der Waals surface area contributed by atoms with Crippen LogP contribution in [0.4, 0.5) is 5.69 Å². The van der Waals surface area contributed by atoms with Gasteiger partial charge in [0.05, 0.1) is 0 Å². The first-order valence-corrected chi connectivity index (χ1v) is 5.10. The van der Waals surface area contributed by atoms with Gasteiger partial charge in [0.1, 0.15) is 0 Å². The first kappa shape index (κ1) is 8.32. The molecule has 13 heavy (non-hydrogen) atoms. The normalized spacial score (nSPS) is 10.2. The van der Waals surface area contributed by atoms with Gasteiger partial charge < -0.3 is 5.73 Å². The van der Waals surface area contributed by atoms with E-state index in [2.05, 4.69) is 29.8 Å². The van der Waals surface area contributed by atoms with Crippen LogP contribution in [0.5, 0.6) is 0 Å². The molecule has 0 spiro atoms. The lowest BCUT2D eigenvalue weighted by atomic mass is 10.0. The second kappa shape index (κ2) is 3.23. The van der Waals surface area contributed by atoms with Crippen LogP contribution >= 0.6 is 11.3 Å². The Morgan fingerprint density at radius 3 is 2.69 bits per heavy atom. The van der Waals surface area contributed by atoms with Gasteiger partial charge in [-0.1, -0.05) is 6.07 Å². The summed E-state index contributed by atoms with van der Waals surface area (Å²) in [7, 11) is 0. The van der Waals surface area contributed by atoms with Crippen LogP contribution in [0.2, 0.25) is 0 Å². The Morgan fingerprint density at radius 2 is 2.08 bits per heavy atom. The highest BCUT2D eigenvalue weighted by atomic mass is 32.1. The van der Waals surface area contributed by atoms with Gasteiger partial charge in [0.15, 0.2) is 0 Å². The quantitative estimate of drug-likeness (QED) is 0.684. The van der Waals surface area contributed by atoms with Crippen molar-refractivity contribution in [2.24, 2.45) is 0 Å². The number of anilines is 1. The predicted molar refractivity (Wildman–Crippen MR) is 58.9 cm³/mol. The smallest absolute Gasteiger partial charge is 0.0317 e. The Bertz CT molecular complexity index is 404. The monoisotopic (exact) mass is 189 g/mol. The lowest BCUT2D eigenvalue weighted by Crippen LogP contribution is -1.87. The molecule has 2 rings (SSSR count). The van der Waals surface area contributed by atoms with E-state index in [1.807, 2.05) is 12.1 Å². The van der Waals surface area contributed by atoms with Crippen molar-refractivity contribution in [3.8, 4) is 11.1 Å². The number of nitrogen functional groups attached to an aromatic ring is 1. The number of hydrogen-bond acceptors (Lipinski definition) is 2. The second-order valence-corrected chi connectivity index (χ2v) is 3.87. The molecule has 2 aromatic rings. The molecule has 0 aliphatic rings. The molecule has 1 nitrogen and oxygen atoms in total. The molecule has 0 amide bonds. The van der Waals surface area contributed by atoms with Gasteiger partial charge in [0.25, 0.3) is 0 Å². The predicted octanol–water partition coefficient (Wildman–Crippen LogP) is 3.31. The van der Waals surface area contributed by atoms with Crippen LogP contribution in [-0.2, 0) is 0 Å². The van der Waals surface area contributed by atoms with Crippen molar-refractivity contribution in [1.82, 2.24) is 0 Å². The van der Waals surface area contributed by atoms with Crippen molar-refractivity contribution in [3.05, 3.63) is 40.6 Å². The van der Waals surface area contributed by atoms with Gasteiger partial charge in [-0.15, -0.1) is 0 Å². The lowest BCUT2D eigenvalue weighted by Gasteiger charge is -2.03. The first-order valence-electron chi connectivity index (χ1n) is 4.16. The zero-order valence-corrected chi connectivity index (χ0v) is 8.27. The number of aryl methyl sites for hydroxylation is 1. The van der Waals surface area contributed by atoms with Crippen LogP contribution in [-0.4, -0.2) is 0 Å². The van der Waals surface area contributed by atoms with E-state index in [4.69, 9.17) is 5.73 Å². The third-order valence-electron chi connectivity index (χ3n) is 2.08. The summed E-state index contributed by atoms with van der Waals surface area (Å²) in [5, 5.41) is 4.24. The van der Waals surface area contributed by atoms with E-state index in [1.165, 1.54) is 16.7 Å². The molecule has 0 unspecified atom stereocenters. The fraction of sp³-hybridized carbons (Fsp3) is 0.0909. The van der Waals surface area contributed by atoms with E-state index in [0.29, 0.717) is 0 Å². The van der Waals surface area contributed by atoms with Crippen molar-refractivity contribution < 1.29 is 0 Å². The zero-order chi connectivity index (χ0) is 9.26. The third kappa shape index (κ3) is 1.58. The second-order valence-electron chi connectivity index (χ2n) is 3.09. The molecule has 2 N–H and O–H groups in total. The maximum atomic E-state index is 5.68. The fourth-order valence-electron chi connectivity index (χ4n) is 1.43. The first-order chi connectivity index (χ1) is 6.27. The molecule has 66 valence electrons. The van der Waals surface area contributed by atoms with E-state index in [-0.39, 0.29) is 0 Å². The molecule has 1 aromatic carbocycles. The van der Waals surface area contributed by atoms with Crippen molar-refractivity contribution >= 4 is 17.0 Å². The van der Waals surface area contributed by atoms with Crippen LogP contribution in [0.15, 0.2) is 35.0 Å². The van der Waals surface area contributed by atoms with Crippen LogP contribution in [0, 0.1) is 6.92 Å². The van der Waals surface area contributed by atoms with Crippen molar-refractivity contribution in [1.29, 1.82) is 0 Å². The Kier molecular flexibility index (Phi) is 2.07. The number of rotatable bonds is 1. The molecular weight excluding hydrogens is 178 g/mol. The summed E-state index contributed by atoms with van der Waals surface area (Å²) in [4.78, 5) is 0. The van der Waals surface area contributed by atoms with E-state index in [1.54, 1.807) is 11.3 Å². The van der Waals surface area contributed by atoms with Gasteiger partial charge >= 0.3 is 0 Å². The van der Waals surface area contributed by atoms with Crippen LogP contribution in [0.25, 0.3) is 11.1 Å². The van der Waals surface area contributed by atoms with Crippen molar-refractivity contribution in [2.75, 3.05) is 5.73 Å². The summed E-state index contributed by atoms with van der Waals surface area (Å²) >= 11 is 1.72. The highest BCUT2D eigenvalue weighted by Crippen LogP contribution is 2.26. The molecular formula is C11H11NS. The molecule has 0 saturated heterocycles. The molecule has 0 radical (unpaired) electrons. The summed E-state index contributed by atoms with van der Waals surface area (Å²) in [6, 6.07) is 8.16. The molecule has 0 fully saturated rings. The minimum atomic E-state index is 0.830. The van der Waals surface area contributed by atoms with E-state index in [9.17, 15) is 0 Å². The summed E-state index contributed by atoms with van der Waals surface area (Å²) in [5.41, 5.74) is 10.3. The van der Waals surface area contributed by atoms with E-state index >= 15 is 0 Å². The number of thiophene rings is 1. The molecule has 0 bridgehead atoms. The summed E-state index contributed by atoms with van der Waals surface area (Å²) in [5.74, 6) is 0. The maximum Gasteiger partial charge on any atom is 0.0317 e. The largest absolute Gasteiger partial charge is 0.399 e. The molecule has 2 heteroatoms. The van der Waals surface area contributed by atoms with Crippen LogP contribution in [0.1, 0.15) is 5.56 Å². The van der Waals surface area contributed by atoms with Gasteiger partial charge in [0.2, 0.25) is 0 Å². The highest BCUT2D eigenvalue weighted by molar-refractivity contribution is 7.08. The maximum absolute atomic E-state index is 5.68. The molecule has 1 aromatic heterocycles. The van der Waals surface area contributed by atoms with E-state index in [0.717, 1.165) is 5.69 Å². The molecule has 0 aliphatic carbocycles. The zero-order valence-electron chi connectivity index (χ0n) is 7.45. The lowest BCUT2D eigenvalue weighted by molar-refractivity contribution is 1.47. The Hall–Kier alpha value is -1.28. The van der Waals surface area contributed by atoms with Crippen molar-refractivity contribution in [3.63, 3.8) is 0 Å². The van der Waals surface area contributed by atoms with Crippen molar-refractivity contribution in [2.45, 2.75) is 6.92 Å². The van der Waals surface area contributed by atoms with E-state index < -0.39 is 0 Å². The van der Waals surface area contributed by atoms with Gasteiger partial charge in [-0.25, -0.2) is 0 Å².